The molecule has 1 saturated heterocycles. The predicted octanol–water partition coefficient (Wildman–Crippen LogP) is 2.47. The van der Waals surface area contributed by atoms with Crippen LogP contribution in [0.3, 0.4) is 0 Å². The molecule has 1 atom stereocenters. The molecule has 0 spiro atoms. The zero-order chi connectivity index (χ0) is 10.7. The Bertz CT molecular complexity index is 322. The molecule has 0 bridgehead atoms. The average molecular weight is 204 g/mol. The van der Waals surface area contributed by atoms with E-state index in [4.69, 9.17) is 5.73 Å². The lowest BCUT2D eigenvalue weighted by Gasteiger charge is -2.32. The van der Waals surface area contributed by atoms with Gasteiger partial charge >= 0.3 is 0 Å². The molecule has 1 aliphatic heterocycles. The highest BCUT2D eigenvalue weighted by Gasteiger charge is 2.19. The third kappa shape index (κ3) is 2.51. The number of nitrogens with two attached hydrogens (primary N) is 1. The van der Waals surface area contributed by atoms with E-state index in [1.165, 1.54) is 38.0 Å². The van der Waals surface area contributed by atoms with Crippen LogP contribution in [0.2, 0.25) is 0 Å². The van der Waals surface area contributed by atoms with Crippen molar-refractivity contribution >= 4 is 5.69 Å². The van der Waals surface area contributed by atoms with Crippen molar-refractivity contribution in [2.24, 2.45) is 0 Å². The fraction of sp³-hybridized carbons (Fsp3) is 0.538. The highest BCUT2D eigenvalue weighted by molar-refractivity contribution is 5.42. The van der Waals surface area contributed by atoms with Gasteiger partial charge in [0.1, 0.15) is 0 Å². The van der Waals surface area contributed by atoms with E-state index in [1.54, 1.807) is 0 Å². The molecule has 1 aromatic carbocycles. The zero-order valence-corrected chi connectivity index (χ0v) is 9.45. The van der Waals surface area contributed by atoms with Gasteiger partial charge in [-0.2, -0.15) is 0 Å². The Labute approximate surface area is 92.1 Å². The van der Waals surface area contributed by atoms with E-state index in [1.807, 2.05) is 6.07 Å². The Kier molecular flexibility index (Phi) is 3.27. The number of anilines is 1. The maximum atomic E-state index is 5.82. The predicted molar refractivity (Wildman–Crippen MR) is 64.9 cm³/mol. The van der Waals surface area contributed by atoms with Crippen molar-refractivity contribution in [1.29, 1.82) is 0 Å². The quantitative estimate of drug-likeness (QED) is 0.750. The molecule has 0 aliphatic carbocycles. The molecule has 1 aliphatic rings. The van der Waals surface area contributed by atoms with Crippen LogP contribution in [-0.2, 0) is 0 Å². The first-order valence-corrected chi connectivity index (χ1v) is 5.87. The maximum Gasteiger partial charge on any atom is 0.0316 e. The van der Waals surface area contributed by atoms with Crippen LogP contribution in [0, 0.1) is 0 Å². The van der Waals surface area contributed by atoms with Gasteiger partial charge in [0.25, 0.3) is 0 Å². The maximum absolute atomic E-state index is 5.82. The van der Waals surface area contributed by atoms with Crippen LogP contribution in [0.25, 0.3) is 0 Å². The highest BCUT2D eigenvalue weighted by atomic mass is 15.1. The molecular weight excluding hydrogens is 184 g/mol. The van der Waals surface area contributed by atoms with Crippen molar-refractivity contribution in [3.63, 3.8) is 0 Å². The summed E-state index contributed by atoms with van der Waals surface area (Å²) in [6.07, 6.45) is 2.62. The molecule has 0 saturated carbocycles. The van der Waals surface area contributed by atoms with E-state index in [2.05, 4.69) is 30.0 Å². The fourth-order valence-electron chi connectivity index (χ4n) is 2.43. The van der Waals surface area contributed by atoms with Gasteiger partial charge in [0.2, 0.25) is 0 Å². The smallest absolute Gasteiger partial charge is 0.0316 e. The highest BCUT2D eigenvalue weighted by Crippen LogP contribution is 2.27. The van der Waals surface area contributed by atoms with Gasteiger partial charge in [-0.15, -0.1) is 0 Å². The van der Waals surface area contributed by atoms with Crippen LogP contribution in [0.15, 0.2) is 24.3 Å². The summed E-state index contributed by atoms with van der Waals surface area (Å²) in [5.74, 6) is 0.683. The summed E-state index contributed by atoms with van der Waals surface area (Å²) in [6, 6.07) is 8.36. The number of hydrogen-bond acceptors (Lipinski definition) is 2. The average Bonchev–Trinajstić information content (AvgIpc) is 2.29. The molecule has 2 nitrogen and oxygen atoms in total. The summed E-state index contributed by atoms with van der Waals surface area (Å²) in [7, 11) is 0. The van der Waals surface area contributed by atoms with Gasteiger partial charge in [-0.25, -0.2) is 0 Å². The Hall–Kier alpha value is -1.02. The van der Waals surface area contributed by atoms with E-state index in [9.17, 15) is 0 Å². The number of likely N-dealkylation sites (tertiary alicyclic amines) is 1. The van der Waals surface area contributed by atoms with Gasteiger partial charge < -0.3 is 10.6 Å². The van der Waals surface area contributed by atoms with Crippen molar-refractivity contribution in [1.82, 2.24) is 4.90 Å². The normalized spacial score (nSPS) is 22.9. The van der Waals surface area contributed by atoms with Gasteiger partial charge in [0, 0.05) is 12.2 Å². The summed E-state index contributed by atoms with van der Waals surface area (Å²) in [5, 5.41) is 0. The number of likely N-dealkylation sites (N-methyl/N-ethyl adjacent to an activating group) is 1. The first-order valence-electron chi connectivity index (χ1n) is 5.87. The molecule has 0 amide bonds. The summed E-state index contributed by atoms with van der Waals surface area (Å²) in [5.41, 5.74) is 8.12. The molecule has 82 valence electrons. The lowest BCUT2D eigenvalue weighted by Crippen LogP contribution is -2.34. The minimum Gasteiger partial charge on any atom is -0.399 e. The summed E-state index contributed by atoms with van der Waals surface area (Å²) < 4.78 is 0. The third-order valence-electron chi connectivity index (χ3n) is 3.33. The fourth-order valence-corrected chi connectivity index (χ4v) is 2.43. The molecule has 1 unspecified atom stereocenters. The van der Waals surface area contributed by atoms with E-state index >= 15 is 0 Å². The molecule has 15 heavy (non-hydrogen) atoms. The summed E-state index contributed by atoms with van der Waals surface area (Å²) >= 11 is 0. The first kappa shape index (κ1) is 10.5. The molecule has 1 aromatic rings. The van der Waals surface area contributed by atoms with Gasteiger partial charge in [0.05, 0.1) is 0 Å². The van der Waals surface area contributed by atoms with Crippen LogP contribution in [0.4, 0.5) is 5.69 Å². The largest absolute Gasteiger partial charge is 0.399 e. The van der Waals surface area contributed by atoms with Crippen LogP contribution < -0.4 is 5.73 Å². The van der Waals surface area contributed by atoms with Crippen molar-refractivity contribution in [2.75, 3.05) is 25.4 Å². The molecule has 2 heteroatoms. The molecule has 2 N–H and O–H groups in total. The molecule has 1 heterocycles. The second kappa shape index (κ2) is 4.67. The minimum absolute atomic E-state index is 0.683. The Balaban J connectivity index is 2.09. The summed E-state index contributed by atoms with van der Waals surface area (Å²) in [6.45, 7) is 5.86. The van der Waals surface area contributed by atoms with Crippen LogP contribution in [0.5, 0.6) is 0 Å². The van der Waals surface area contributed by atoms with E-state index in [0.717, 1.165) is 5.69 Å². The van der Waals surface area contributed by atoms with Crippen LogP contribution in [0.1, 0.15) is 31.2 Å². The van der Waals surface area contributed by atoms with Gasteiger partial charge in [0.15, 0.2) is 0 Å². The number of nitrogens with zero attached hydrogens (tertiary/aromatic N) is 1. The van der Waals surface area contributed by atoms with Gasteiger partial charge in [-0.3, -0.25) is 0 Å². The lowest BCUT2D eigenvalue weighted by atomic mass is 9.90. The lowest BCUT2D eigenvalue weighted by molar-refractivity contribution is 0.218. The SMILES string of the molecule is CCN1CCCC(c2cccc(N)c2)C1. The van der Waals surface area contributed by atoms with Crippen molar-refractivity contribution in [3.05, 3.63) is 29.8 Å². The van der Waals surface area contributed by atoms with Gasteiger partial charge in [-0.1, -0.05) is 19.1 Å². The standard InChI is InChI=1S/C13H20N2/c1-2-15-8-4-6-12(10-15)11-5-3-7-13(14)9-11/h3,5,7,9,12H,2,4,6,8,10,14H2,1H3. The van der Waals surface area contributed by atoms with E-state index in [0.29, 0.717) is 5.92 Å². The third-order valence-corrected chi connectivity index (χ3v) is 3.33. The molecule has 0 aromatic heterocycles. The van der Waals surface area contributed by atoms with Crippen molar-refractivity contribution < 1.29 is 0 Å². The van der Waals surface area contributed by atoms with E-state index < -0.39 is 0 Å². The summed E-state index contributed by atoms with van der Waals surface area (Å²) in [4.78, 5) is 2.53. The number of rotatable bonds is 2. The van der Waals surface area contributed by atoms with Crippen LogP contribution in [-0.4, -0.2) is 24.5 Å². The van der Waals surface area contributed by atoms with E-state index in [-0.39, 0.29) is 0 Å². The molecule has 0 radical (unpaired) electrons. The molecule has 1 fully saturated rings. The minimum atomic E-state index is 0.683. The number of benzene rings is 1. The Morgan fingerprint density at radius 1 is 1.47 bits per heavy atom. The second-order valence-electron chi connectivity index (χ2n) is 4.40. The zero-order valence-electron chi connectivity index (χ0n) is 9.45. The van der Waals surface area contributed by atoms with Gasteiger partial charge in [-0.05, 0) is 49.5 Å². The Morgan fingerprint density at radius 2 is 2.33 bits per heavy atom. The number of hydrogen-bond donors (Lipinski definition) is 1. The molecule has 2 rings (SSSR count). The first-order chi connectivity index (χ1) is 7.29. The van der Waals surface area contributed by atoms with Crippen molar-refractivity contribution in [3.8, 4) is 0 Å². The molecular formula is C13H20N2. The topological polar surface area (TPSA) is 29.3 Å². The Morgan fingerprint density at radius 3 is 3.07 bits per heavy atom. The van der Waals surface area contributed by atoms with Crippen LogP contribution >= 0.6 is 0 Å². The van der Waals surface area contributed by atoms with Crippen molar-refractivity contribution in [2.45, 2.75) is 25.7 Å². The number of nitrogen functional groups attached to an aromatic ring is 1. The number of piperidine rings is 1. The second-order valence-corrected chi connectivity index (χ2v) is 4.40. The monoisotopic (exact) mass is 204 g/mol.